The Hall–Kier alpha value is -0.940. The first-order valence-electron chi connectivity index (χ1n) is 8.56. The molecule has 1 aromatic rings. The zero-order chi connectivity index (χ0) is 15.4. The van der Waals surface area contributed by atoms with Crippen molar-refractivity contribution in [3.8, 4) is 0 Å². The summed E-state index contributed by atoms with van der Waals surface area (Å²) in [5.74, 6) is 0. The van der Waals surface area contributed by atoms with E-state index in [-0.39, 0.29) is 0 Å². The molecule has 0 spiro atoms. The van der Waals surface area contributed by atoms with Gasteiger partial charge in [0.25, 0.3) is 0 Å². The number of hydrogen-bond donors (Lipinski definition) is 2. The Morgan fingerprint density at radius 1 is 1.09 bits per heavy atom. The van der Waals surface area contributed by atoms with E-state index in [2.05, 4.69) is 46.3 Å². The first-order valence-corrected chi connectivity index (χ1v) is 8.56. The van der Waals surface area contributed by atoms with Crippen molar-refractivity contribution in [1.82, 2.24) is 15.1 Å². The van der Waals surface area contributed by atoms with Crippen molar-refractivity contribution in [1.29, 1.82) is 0 Å². The van der Waals surface area contributed by atoms with Crippen LogP contribution in [0, 0.1) is 6.92 Å². The molecule has 0 amide bonds. The minimum atomic E-state index is -0.508. The zero-order valence-corrected chi connectivity index (χ0v) is 13.7. The molecule has 1 atom stereocenters. The third-order valence-corrected chi connectivity index (χ3v) is 4.95. The summed E-state index contributed by atoms with van der Waals surface area (Å²) >= 11 is 0. The third kappa shape index (κ3) is 4.29. The largest absolute Gasteiger partial charge is 0.387 e. The Morgan fingerprint density at radius 2 is 1.82 bits per heavy atom. The van der Waals surface area contributed by atoms with Gasteiger partial charge < -0.3 is 10.4 Å². The molecule has 2 aliphatic heterocycles. The second-order valence-electron chi connectivity index (χ2n) is 7.04. The molecule has 0 saturated carbocycles. The van der Waals surface area contributed by atoms with E-state index >= 15 is 0 Å². The van der Waals surface area contributed by atoms with Crippen molar-refractivity contribution in [2.45, 2.75) is 31.9 Å². The van der Waals surface area contributed by atoms with Crippen LogP contribution in [0.15, 0.2) is 24.3 Å². The molecule has 4 nitrogen and oxygen atoms in total. The van der Waals surface area contributed by atoms with E-state index in [4.69, 9.17) is 0 Å². The molecule has 1 unspecified atom stereocenters. The van der Waals surface area contributed by atoms with Crippen LogP contribution in [0.2, 0.25) is 0 Å². The van der Waals surface area contributed by atoms with Crippen molar-refractivity contribution >= 4 is 0 Å². The number of aliphatic hydroxyl groups is 1. The maximum Gasteiger partial charge on any atom is 0.0909 e. The van der Waals surface area contributed by atoms with Gasteiger partial charge in [-0.2, -0.15) is 0 Å². The first-order chi connectivity index (χ1) is 10.6. The van der Waals surface area contributed by atoms with Gasteiger partial charge in [-0.25, -0.2) is 0 Å². The molecular weight excluding hydrogens is 274 g/mol. The lowest BCUT2D eigenvalue weighted by molar-refractivity contribution is 0.0219. The molecule has 0 radical (unpaired) electrons. The van der Waals surface area contributed by atoms with Gasteiger partial charge >= 0.3 is 0 Å². The molecule has 22 heavy (non-hydrogen) atoms. The van der Waals surface area contributed by atoms with Crippen LogP contribution in [-0.4, -0.2) is 66.3 Å². The highest BCUT2D eigenvalue weighted by atomic mass is 16.3. The van der Waals surface area contributed by atoms with Gasteiger partial charge in [0.15, 0.2) is 0 Å². The van der Waals surface area contributed by atoms with Crippen LogP contribution in [0.3, 0.4) is 0 Å². The molecule has 4 heteroatoms. The Bertz CT molecular complexity index is 468. The minimum absolute atomic E-state index is 0.508. The highest BCUT2D eigenvalue weighted by Crippen LogP contribution is 2.17. The molecule has 1 aromatic carbocycles. The van der Waals surface area contributed by atoms with Crippen molar-refractivity contribution in [2.24, 2.45) is 0 Å². The number of β-amino-alcohol motifs (C(OH)–C–C–N with tert-alkyl or cyclic N) is 1. The van der Waals surface area contributed by atoms with E-state index < -0.39 is 5.60 Å². The zero-order valence-electron chi connectivity index (χ0n) is 13.7. The number of benzene rings is 1. The second kappa shape index (κ2) is 7.09. The summed E-state index contributed by atoms with van der Waals surface area (Å²) in [6.45, 7) is 10.1. The maximum atomic E-state index is 10.5. The number of hydrogen-bond acceptors (Lipinski definition) is 4. The Kier molecular flexibility index (Phi) is 5.14. The van der Waals surface area contributed by atoms with E-state index in [1.165, 1.54) is 17.5 Å². The summed E-state index contributed by atoms with van der Waals surface area (Å²) in [6, 6.07) is 8.87. The summed E-state index contributed by atoms with van der Waals surface area (Å²) in [6.07, 6.45) is 2.08. The smallest absolute Gasteiger partial charge is 0.0909 e. The van der Waals surface area contributed by atoms with Crippen molar-refractivity contribution < 1.29 is 5.11 Å². The van der Waals surface area contributed by atoms with E-state index in [1.807, 2.05) is 0 Å². The predicted octanol–water partition coefficient (Wildman–Crippen LogP) is 1.23. The van der Waals surface area contributed by atoms with E-state index in [0.717, 1.165) is 58.8 Å². The van der Waals surface area contributed by atoms with Crippen LogP contribution in [-0.2, 0) is 6.54 Å². The number of nitrogens with zero attached hydrogens (tertiary/aromatic N) is 2. The summed E-state index contributed by atoms with van der Waals surface area (Å²) in [4.78, 5) is 4.99. The van der Waals surface area contributed by atoms with Gasteiger partial charge in [0.05, 0.1) is 5.60 Å². The lowest BCUT2D eigenvalue weighted by atomic mass is 10.0. The third-order valence-electron chi connectivity index (χ3n) is 4.95. The lowest BCUT2D eigenvalue weighted by Gasteiger charge is -2.30. The molecular formula is C18H29N3O. The topological polar surface area (TPSA) is 38.7 Å². The monoisotopic (exact) mass is 303 g/mol. The van der Waals surface area contributed by atoms with Crippen molar-refractivity contribution in [3.05, 3.63) is 35.4 Å². The normalized spacial score (nSPS) is 27.9. The Labute approximate surface area is 134 Å². The van der Waals surface area contributed by atoms with Crippen LogP contribution in [0.25, 0.3) is 0 Å². The quantitative estimate of drug-likeness (QED) is 0.877. The summed E-state index contributed by atoms with van der Waals surface area (Å²) in [7, 11) is 0. The molecule has 3 rings (SSSR count). The average Bonchev–Trinajstić information content (AvgIpc) is 2.81. The molecule has 0 aromatic heterocycles. The summed E-state index contributed by atoms with van der Waals surface area (Å²) < 4.78 is 0. The highest BCUT2D eigenvalue weighted by Gasteiger charge is 2.33. The molecule has 2 aliphatic rings. The van der Waals surface area contributed by atoms with Gasteiger partial charge in [0.1, 0.15) is 0 Å². The van der Waals surface area contributed by atoms with Crippen LogP contribution in [0.1, 0.15) is 24.0 Å². The summed E-state index contributed by atoms with van der Waals surface area (Å²) in [5.41, 5.74) is 2.22. The highest BCUT2D eigenvalue weighted by molar-refractivity contribution is 5.21. The van der Waals surface area contributed by atoms with Gasteiger partial charge in [-0.05, 0) is 45.0 Å². The van der Waals surface area contributed by atoms with Crippen LogP contribution in [0.5, 0.6) is 0 Å². The van der Waals surface area contributed by atoms with Gasteiger partial charge in [0, 0.05) is 32.7 Å². The Balaban J connectivity index is 1.50. The average molecular weight is 303 g/mol. The van der Waals surface area contributed by atoms with Crippen LogP contribution in [0.4, 0.5) is 0 Å². The molecule has 2 saturated heterocycles. The van der Waals surface area contributed by atoms with E-state index in [0.29, 0.717) is 0 Å². The molecule has 2 N–H and O–H groups in total. The van der Waals surface area contributed by atoms with E-state index in [1.54, 1.807) is 0 Å². The summed E-state index contributed by atoms with van der Waals surface area (Å²) in [5, 5.41) is 13.8. The standard InChI is InChI=1S/C18H29N3O/c1-16-3-5-17(6-4-16)13-20-9-2-10-21(12-11-20)15-18(22)7-8-19-14-18/h3-6,19,22H,2,7-15H2,1H3. The number of aryl methyl sites for hydroxylation is 1. The SMILES string of the molecule is Cc1ccc(CN2CCCN(CC3(O)CCNC3)CC2)cc1. The van der Waals surface area contributed by atoms with E-state index in [9.17, 15) is 5.11 Å². The Morgan fingerprint density at radius 3 is 2.55 bits per heavy atom. The van der Waals surface area contributed by atoms with Gasteiger partial charge in [0.2, 0.25) is 0 Å². The van der Waals surface area contributed by atoms with Crippen molar-refractivity contribution in [3.63, 3.8) is 0 Å². The number of nitrogens with one attached hydrogen (secondary N) is 1. The molecule has 122 valence electrons. The van der Waals surface area contributed by atoms with Crippen molar-refractivity contribution in [2.75, 3.05) is 45.8 Å². The molecule has 0 bridgehead atoms. The fourth-order valence-electron chi connectivity index (χ4n) is 3.57. The van der Waals surface area contributed by atoms with Crippen LogP contribution < -0.4 is 5.32 Å². The molecule has 0 aliphatic carbocycles. The molecule has 2 heterocycles. The second-order valence-corrected chi connectivity index (χ2v) is 7.04. The fourth-order valence-corrected chi connectivity index (χ4v) is 3.57. The minimum Gasteiger partial charge on any atom is -0.387 e. The van der Waals surface area contributed by atoms with Gasteiger partial charge in [-0.1, -0.05) is 29.8 Å². The first kappa shape index (κ1) is 15.9. The van der Waals surface area contributed by atoms with Crippen LogP contribution >= 0.6 is 0 Å². The van der Waals surface area contributed by atoms with Gasteiger partial charge in [-0.15, -0.1) is 0 Å². The predicted molar refractivity (Wildman–Crippen MR) is 89.9 cm³/mol. The maximum absolute atomic E-state index is 10.5. The fraction of sp³-hybridized carbons (Fsp3) is 0.667. The lowest BCUT2D eigenvalue weighted by Crippen LogP contribution is -2.45. The molecule has 2 fully saturated rings. The number of rotatable bonds is 4. The van der Waals surface area contributed by atoms with Gasteiger partial charge in [-0.3, -0.25) is 9.80 Å².